The molecule has 0 aromatic heterocycles. The van der Waals surface area contributed by atoms with E-state index in [1.165, 1.54) is 7.11 Å². The minimum absolute atomic E-state index is 0.246. The highest BCUT2D eigenvalue weighted by molar-refractivity contribution is 5.90. The summed E-state index contributed by atoms with van der Waals surface area (Å²) in [5.41, 5.74) is 2.06. The van der Waals surface area contributed by atoms with Crippen LogP contribution in [-0.2, 0) is 27.9 Å². The van der Waals surface area contributed by atoms with Crippen molar-refractivity contribution in [3.8, 4) is 11.5 Å². The molecule has 0 bridgehead atoms. The zero-order chi connectivity index (χ0) is 25.7. The number of nitrogens with one attached hydrogen (secondary N) is 1. The summed E-state index contributed by atoms with van der Waals surface area (Å²) < 4.78 is 16.5. The van der Waals surface area contributed by atoms with E-state index in [2.05, 4.69) is 5.32 Å². The van der Waals surface area contributed by atoms with Gasteiger partial charge >= 0.3 is 12.0 Å². The summed E-state index contributed by atoms with van der Waals surface area (Å²) >= 11 is 0. The highest BCUT2D eigenvalue weighted by atomic mass is 16.5. The molecule has 0 fully saturated rings. The lowest BCUT2D eigenvalue weighted by atomic mass is 9.76. The molecule has 0 saturated carbocycles. The Bertz CT molecular complexity index is 1220. The van der Waals surface area contributed by atoms with E-state index in [4.69, 9.17) is 14.2 Å². The molecular formula is C29H32N2O5. The molecule has 188 valence electrons. The number of urea groups is 1. The lowest BCUT2D eigenvalue weighted by Crippen LogP contribution is -2.62. The summed E-state index contributed by atoms with van der Waals surface area (Å²) in [6, 6.07) is 22.5. The lowest BCUT2D eigenvalue weighted by Gasteiger charge is -2.46. The van der Waals surface area contributed by atoms with Crippen LogP contribution in [-0.4, -0.2) is 44.8 Å². The van der Waals surface area contributed by atoms with Crippen molar-refractivity contribution in [2.75, 3.05) is 27.9 Å². The number of carbonyl (C=O) groups excluding carboxylic acids is 2. The zero-order valence-corrected chi connectivity index (χ0v) is 21.1. The van der Waals surface area contributed by atoms with Crippen LogP contribution in [0.1, 0.15) is 35.2 Å². The maximum atomic E-state index is 13.8. The number of rotatable bonds is 7. The van der Waals surface area contributed by atoms with Crippen molar-refractivity contribution in [2.24, 2.45) is 0 Å². The van der Waals surface area contributed by atoms with Gasteiger partial charge in [0, 0.05) is 13.0 Å². The lowest BCUT2D eigenvalue weighted by molar-refractivity contribution is -0.155. The van der Waals surface area contributed by atoms with Gasteiger partial charge in [-0.3, -0.25) is 0 Å². The molecule has 0 aliphatic carbocycles. The molecule has 3 aromatic rings. The predicted molar refractivity (Wildman–Crippen MR) is 137 cm³/mol. The molecule has 0 saturated heterocycles. The molecule has 4 rings (SSSR count). The van der Waals surface area contributed by atoms with Crippen molar-refractivity contribution in [3.05, 3.63) is 95.1 Å². The van der Waals surface area contributed by atoms with Gasteiger partial charge in [0.2, 0.25) is 0 Å². The number of fused-ring (bicyclic) bond motifs is 1. The zero-order valence-electron chi connectivity index (χ0n) is 21.1. The number of hydrogen-bond donors (Lipinski definition) is 1. The van der Waals surface area contributed by atoms with Gasteiger partial charge in [0.05, 0.1) is 27.4 Å². The van der Waals surface area contributed by atoms with Crippen LogP contribution in [0.3, 0.4) is 0 Å². The number of ether oxygens (including phenoxy) is 3. The van der Waals surface area contributed by atoms with E-state index in [0.717, 1.165) is 16.7 Å². The monoisotopic (exact) mass is 488 g/mol. The maximum absolute atomic E-state index is 13.8. The second-order valence-electron chi connectivity index (χ2n) is 8.86. The van der Waals surface area contributed by atoms with Gasteiger partial charge in [-0.2, -0.15) is 0 Å². The molecule has 36 heavy (non-hydrogen) atoms. The standard InChI is InChI=1S/C29H32N2O5/c1-20(22-13-9-6-10-14-22)30-28(33)31-16-15-23-17-25(34-2)26(35-3)18-24(23)29(31,27(32)36-4)19-21-11-7-5-8-12-21/h5-14,17-18,20H,15-16,19H2,1-4H3,(H,30,33). The SMILES string of the molecule is COC(=O)C1(Cc2ccccc2)c2cc(OC)c(OC)cc2CCN1C(=O)NC(C)c1ccccc1. The number of hydrogen-bond acceptors (Lipinski definition) is 5. The normalized spacial score (nSPS) is 17.5. The summed E-state index contributed by atoms with van der Waals surface area (Å²) in [6.45, 7) is 2.26. The van der Waals surface area contributed by atoms with E-state index < -0.39 is 11.5 Å². The Morgan fingerprint density at radius 3 is 2.17 bits per heavy atom. The highest BCUT2D eigenvalue weighted by Gasteiger charge is 2.53. The van der Waals surface area contributed by atoms with Crippen LogP contribution < -0.4 is 14.8 Å². The molecule has 1 N–H and O–H groups in total. The Morgan fingerprint density at radius 2 is 1.56 bits per heavy atom. The molecule has 7 nitrogen and oxygen atoms in total. The largest absolute Gasteiger partial charge is 0.493 e. The third-order valence-corrected chi connectivity index (χ3v) is 6.83. The molecule has 3 aromatic carbocycles. The third kappa shape index (κ3) is 4.61. The van der Waals surface area contributed by atoms with Crippen LogP contribution in [0.25, 0.3) is 0 Å². The summed E-state index contributed by atoms with van der Waals surface area (Å²) in [5.74, 6) is 0.546. The van der Waals surface area contributed by atoms with E-state index in [1.807, 2.05) is 73.7 Å². The summed E-state index contributed by atoms with van der Waals surface area (Å²) in [7, 11) is 4.48. The van der Waals surface area contributed by atoms with Crippen molar-refractivity contribution in [2.45, 2.75) is 31.3 Å². The fraction of sp³-hybridized carbons (Fsp3) is 0.310. The van der Waals surface area contributed by atoms with Gasteiger partial charge in [-0.25, -0.2) is 9.59 Å². The number of esters is 1. The predicted octanol–water partition coefficient (Wildman–Crippen LogP) is 4.64. The van der Waals surface area contributed by atoms with E-state index in [0.29, 0.717) is 30.0 Å². The first-order valence-corrected chi connectivity index (χ1v) is 12.0. The van der Waals surface area contributed by atoms with Crippen LogP contribution in [0.4, 0.5) is 4.79 Å². The molecule has 0 radical (unpaired) electrons. The first kappa shape index (κ1) is 25.1. The topological polar surface area (TPSA) is 77.1 Å². The number of benzene rings is 3. The van der Waals surface area contributed by atoms with Crippen LogP contribution in [0.2, 0.25) is 0 Å². The summed E-state index contributed by atoms with van der Waals surface area (Å²) in [5, 5.41) is 3.09. The van der Waals surface area contributed by atoms with Gasteiger partial charge in [0.15, 0.2) is 17.0 Å². The van der Waals surface area contributed by atoms with Gasteiger partial charge < -0.3 is 24.4 Å². The molecule has 1 aliphatic rings. The Labute approximate surface area is 212 Å². The Balaban J connectivity index is 1.85. The number of nitrogens with zero attached hydrogens (tertiary/aromatic N) is 1. The van der Waals surface area contributed by atoms with Crippen molar-refractivity contribution in [1.82, 2.24) is 10.2 Å². The molecular weight excluding hydrogens is 456 g/mol. The van der Waals surface area contributed by atoms with Gasteiger partial charge in [-0.15, -0.1) is 0 Å². The Morgan fingerprint density at radius 1 is 0.944 bits per heavy atom. The van der Waals surface area contributed by atoms with Crippen LogP contribution >= 0.6 is 0 Å². The van der Waals surface area contributed by atoms with Crippen LogP contribution in [0.15, 0.2) is 72.8 Å². The molecule has 1 heterocycles. The molecule has 7 heteroatoms. The minimum atomic E-state index is -1.40. The fourth-order valence-electron chi connectivity index (χ4n) is 4.99. The molecule has 2 atom stereocenters. The Hall–Kier alpha value is -4.00. The molecule has 2 amide bonds. The van der Waals surface area contributed by atoms with Crippen LogP contribution in [0, 0.1) is 0 Å². The average molecular weight is 489 g/mol. The average Bonchev–Trinajstić information content (AvgIpc) is 2.92. The second kappa shape index (κ2) is 10.7. The molecule has 0 spiro atoms. The van der Waals surface area contributed by atoms with Crippen molar-refractivity contribution in [3.63, 3.8) is 0 Å². The summed E-state index contributed by atoms with van der Waals surface area (Å²) in [6.07, 6.45) is 0.798. The molecule has 2 unspecified atom stereocenters. The van der Waals surface area contributed by atoms with E-state index in [-0.39, 0.29) is 18.5 Å². The first-order valence-electron chi connectivity index (χ1n) is 12.0. The van der Waals surface area contributed by atoms with Gasteiger partial charge in [-0.05, 0) is 47.7 Å². The van der Waals surface area contributed by atoms with Gasteiger partial charge in [-0.1, -0.05) is 60.7 Å². The fourth-order valence-corrected chi connectivity index (χ4v) is 4.99. The van der Waals surface area contributed by atoms with Gasteiger partial charge in [0.25, 0.3) is 0 Å². The van der Waals surface area contributed by atoms with E-state index >= 15 is 0 Å². The van der Waals surface area contributed by atoms with E-state index in [1.54, 1.807) is 25.2 Å². The van der Waals surface area contributed by atoms with Gasteiger partial charge in [0.1, 0.15) is 0 Å². The Kier molecular flexibility index (Phi) is 7.48. The maximum Gasteiger partial charge on any atom is 0.336 e. The van der Waals surface area contributed by atoms with Crippen molar-refractivity contribution in [1.29, 1.82) is 0 Å². The summed E-state index contributed by atoms with van der Waals surface area (Å²) in [4.78, 5) is 29.2. The number of amides is 2. The number of methoxy groups -OCH3 is 3. The quantitative estimate of drug-likeness (QED) is 0.490. The smallest absolute Gasteiger partial charge is 0.336 e. The van der Waals surface area contributed by atoms with Crippen molar-refractivity contribution >= 4 is 12.0 Å². The first-order chi connectivity index (χ1) is 17.4. The third-order valence-electron chi connectivity index (χ3n) is 6.83. The van der Waals surface area contributed by atoms with E-state index in [9.17, 15) is 9.59 Å². The second-order valence-corrected chi connectivity index (χ2v) is 8.86. The highest BCUT2D eigenvalue weighted by Crippen LogP contribution is 2.44. The van der Waals surface area contributed by atoms with Crippen LogP contribution in [0.5, 0.6) is 11.5 Å². The van der Waals surface area contributed by atoms with Crippen molar-refractivity contribution < 1.29 is 23.8 Å². The number of carbonyl (C=O) groups is 2. The molecule has 1 aliphatic heterocycles. The minimum Gasteiger partial charge on any atom is -0.493 e.